The van der Waals surface area contributed by atoms with Crippen LogP contribution in [0.3, 0.4) is 0 Å². The lowest BCUT2D eigenvalue weighted by Crippen LogP contribution is -2.31. The molecule has 0 aromatic heterocycles. The van der Waals surface area contributed by atoms with E-state index in [2.05, 4.69) is 20.7 Å². The van der Waals surface area contributed by atoms with E-state index in [1.54, 1.807) is 49.5 Å². The topological polar surface area (TPSA) is 82.7 Å². The molecule has 3 aromatic rings. The molecule has 0 bridgehead atoms. The highest BCUT2D eigenvalue weighted by Crippen LogP contribution is 2.22. The van der Waals surface area contributed by atoms with Crippen molar-refractivity contribution in [3.8, 4) is 5.75 Å². The Hall–Kier alpha value is -4.14. The molecule has 172 valence electrons. The lowest BCUT2D eigenvalue weighted by Gasteiger charge is -2.19. The predicted molar refractivity (Wildman–Crippen MR) is 124 cm³/mol. The first-order valence-corrected chi connectivity index (χ1v) is 10.1. The van der Waals surface area contributed by atoms with Crippen molar-refractivity contribution in [3.63, 3.8) is 0 Å². The van der Waals surface area contributed by atoms with Gasteiger partial charge in [-0.05, 0) is 54.4 Å². The second-order valence-corrected chi connectivity index (χ2v) is 7.28. The van der Waals surface area contributed by atoms with Gasteiger partial charge >= 0.3 is 18.7 Å². The molecular formula is C24H24F2N4O3. The fourth-order valence-corrected chi connectivity index (χ4v) is 2.98. The highest BCUT2D eigenvalue weighted by atomic mass is 19.3. The van der Waals surface area contributed by atoms with Crippen molar-refractivity contribution in [2.45, 2.75) is 20.1 Å². The smallest absolute Gasteiger partial charge is 0.387 e. The van der Waals surface area contributed by atoms with E-state index in [1.165, 1.54) is 17.0 Å². The van der Waals surface area contributed by atoms with Crippen LogP contribution >= 0.6 is 0 Å². The second-order valence-electron chi connectivity index (χ2n) is 7.28. The molecule has 7 nitrogen and oxygen atoms in total. The molecule has 0 aliphatic rings. The SMILES string of the molecule is Cc1ccc(NC(=O)Nc2ccccc2)cc1NC(=O)N(C)Cc1ccc(OC(F)F)cc1. The minimum Gasteiger partial charge on any atom is -0.435 e. The van der Waals surface area contributed by atoms with Crippen molar-refractivity contribution in [2.24, 2.45) is 0 Å². The lowest BCUT2D eigenvalue weighted by atomic mass is 10.2. The highest BCUT2D eigenvalue weighted by molar-refractivity contribution is 6.00. The molecule has 33 heavy (non-hydrogen) atoms. The number of nitrogens with zero attached hydrogens (tertiary/aromatic N) is 1. The number of rotatable bonds is 7. The van der Waals surface area contributed by atoms with Crippen LogP contribution in [0.1, 0.15) is 11.1 Å². The van der Waals surface area contributed by atoms with Crippen LogP contribution in [0.2, 0.25) is 0 Å². The average Bonchev–Trinajstić information content (AvgIpc) is 2.77. The van der Waals surface area contributed by atoms with E-state index < -0.39 is 12.6 Å². The number of para-hydroxylation sites is 1. The van der Waals surface area contributed by atoms with Gasteiger partial charge in [0, 0.05) is 30.7 Å². The maximum atomic E-state index is 12.6. The zero-order chi connectivity index (χ0) is 23.8. The Morgan fingerprint density at radius 3 is 2.24 bits per heavy atom. The maximum absolute atomic E-state index is 12.6. The summed E-state index contributed by atoms with van der Waals surface area (Å²) >= 11 is 0. The molecule has 0 unspecified atom stereocenters. The van der Waals surface area contributed by atoms with Crippen molar-refractivity contribution in [2.75, 3.05) is 23.0 Å². The van der Waals surface area contributed by atoms with Crippen LogP contribution in [0.15, 0.2) is 72.8 Å². The van der Waals surface area contributed by atoms with Crippen molar-refractivity contribution in [1.29, 1.82) is 0 Å². The number of aryl methyl sites for hydroxylation is 1. The number of ether oxygens (including phenoxy) is 1. The average molecular weight is 454 g/mol. The van der Waals surface area contributed by atoms with Gasteiger partial charge in [-0.15, -0.1) is 0 Å². The summed E-state index contributed by atoms with van der Waals surface area (Å²) in [5, 5.41) is 8.29. The Kier molecular flexibility index (Phi) is 7.80. The first-order valence-electron chi connectivity index (χ1n) is 10.1. The lowest BCUT2D eigenvalue weighted by molar-refractivity contribution is -0.0498. The molecule has 0 saturated heterocycles. The van der Waals surface area contributed by atoms with E-state index in [9.17, 15) is 18.4 Å². The summed E-state index contributed by atoms with van der Waals surface area (Å²) in [6.07, 6.45) is 0. The molecule has 0 fully saturated rings. The third-order valence-electron chi connectivity index (χ3n) is 4.68. The van der Waals surface area contributed by atoms with Crippen LogP contribution in [0.4, 0.5) is 35.4 Å². The van der Waals surface area contributed by atoms with Gasteiger partial charge in [-0.1, -0.05) is 36.4 Å². The van der Waals surface area contributed by atoms with Crippen molar-refractivity contribution in [3.05, 3.63) is 83.9 Å². The van der Waals surface area contributed by atoms with Gasteiger partial charge in [0.1, 0.15) is 5.75 Å². The number of urea groups is 2. The first kappa shape index (κ1) is 23.5. The molecule has 0 saturated carbocycles. The van der Waals surface area contributed by atoms with Gasteiger partial charge in [-0.3, -0.25) is 0 Å². The Balaban J connectivity index is 1.58. The Bertz CT molecular complexity index is 1090. The zero-order valence-corrected chi connectivity index (χ0v) is 18.1. The monoisotopic (exact) mass is 454 g/mol. The molecular weight excluding hydrogens is 430 g/mol. The standard InChI is InChI=1S/C24H24F2N4O3/c1-16-8-11-19(28-23(31)27-18-6-4-3-5-7-18)14-21(16)29-24(32)30(2)15-17-9-12-20(13-10-17)33-22(25)26/h3-14,22H,15H2,1-2H3,(H,29,32)(H2,27,28,31). The number of nitrogens with one attached hydrogen (secondary N) is 3. The highest BCUT2D eigenvalue weighted by Gasteiger charge is 2.13. The van der Waals surface area contributed by atoms with Gasteiger partial charge in [-0.25, -0.2) is 9.59 Å². The Labute approximate surface area is 190 Å². The number of amides is 4. The van der Waals surface area contributed by atoms with E-state index in [0.717, 1.165) is 11.1 Å². The molecule has 0 spiro atoms. The van der Waals surface area contributed by atoms with Crippen LogP contribution < -0.4 is 20.7 Å². The summed E-state index contributed by atoms with van der Waals surface area (Å²) in [5.41, 5.74) is 3.29. The molecule has 0 heterocycles. The summed E-state index contributed by atoms with van der Waals surface area (Å²) in [4.78, 5) is 26.3. The van der Waals surface area contributed by atoms with E-state index >= 15 is 0 Å². The zero-order valence-electron chi connectivity index (χ0n) is 18.1. The number of carbonyl (C=O) groups is 2. The van der Waals surface area contributed by atoms with Crippen LogP contribution in [0.25, 0.3) is 0 Å². The summed E-state index contributed by atoms with van der Waals surface area (Å²) in [6.45, 7) is -0.787. The van der Waals surface area contributed by atoms with E-state index in [1.807, 2.05) is 25.1 Å². The summed E-state index contributed by atoms with van der Waals surface area (Å²) in [6, 6.07) is 19.5. The molecule has 0 aliphatic heterocycles. The van der Waals surface area contributed by atoms with Gasteiger partial charge in [0.05, 0.1) is 0 Å². The number of hydrogen-bond acceptors (Lipinski definition) is 3. The Morgan fingerprint density at radius 2 is 1.58 bits per heavy atom. The summed E-state index contributed by atoms with van der Waals surface area (Å²) in [5.74, 6) is 0.0529. The van der Waals surface area contributed by atoms with E-state index in [0.29, 0.717) is 17.1 Å². The molecule has 0 radical (unpaired) electrons. The Morgan fingerprint density at radius 1 is 0.909 bits per heavy atom. The van der Waals surface area contributed by atoms with Gasteiger partial charge in [0.2, 0.25) is 0 Å². The molecule has 0 atom stereocenters. The van der Waals surface area contributed by atoms with Crippen molar-refractivity contribution in [1.82, 2.24) is 4.90 Å². The summed E-state index contributed by atoms with van der Waals surface area (Å²) < 4.78 is 28.9. The molecule has 3 rings (SSSR count). The summed E-state index contributed by atoms with van der Waals surface area (Å²) in [7, 11) is 1.61. The number of alkyl halides is 2. The third kappa shape index (κ3) is 7.20. The number of benzene rings is 3. The molecule has 3 N–H and O–H groups in total. The molecule has 0 aliphatic carbocycles. The van der Waals surface area contributed by atoms with Crippen LogP contribution in [-0.2, 0) is 6.54 Å². The number of halogens is 2. The van der Waals surface area contributed by atoms with Crippen molar-refractivity contribution < 1.29 is 23.1 Å². The quantitative estimate of drug-likeness (QED) is 0.415. The molecule has 9 heteroatoms. The second kappa shape index (κ2) is 10.9. The maximum Gasteiger partial charge on any atom is 0.387 e. The van der Waals surface area contributed by atoms with E-state index in [-0.39, 0.29) is 18.3 Å². The van der Waals surface area contributed by atoms with Gasteiger partial charge in [-0.2, -0.15) is 8.78 Å². The normalized spacial score (nSPS) is 10.5. The number of anilines is 3. The first-order chi connectivity index (χ1) is 15.8. The number of hydrogen-bond donors (Lipinski definition) is 3. The fraction of sp³-hybridized carbons (Fsp3) is 0.167. The van der Waals surface area contributed by atoms with Gasteiger partial charge in [0.15, 0.2) is 0 Å². The predicted octanol–water partition coefficient (Wildman–Crippen LogP) is 5.90. The van der Waals surface area contributed by atoms with Gasteiger partial charge in [0.25, 0.3) is 0 Å². The fourth-order valence-electron chi connectivity index (χ4n) is 2.98. The minimum absolute atomic E-state index is 0.0529. The third-order valence-corrected chi connectivity index (χ3v) is 4.68. The number of carbonyl (C=O) groups excluding carboxylic acids is 2. The van der Waals surface area contributed by atoms with Crippen LogP contribution in [0.5, 0.6) is 5.75 Å². The van der Waals surface area contributed by atoms with E-state index in [4.69, 9.17) is 0 Å². The van der Waals surface area contributed by atoms with Crippen LogP contribution in [0, 0.1) is 6.92 Å². The van der Waals surface area contributed by atoms with Crippen molar-refractivity contribution >= 4 is 29.1 Å². The largest absolute Gasteiger partial charge is 0.435 e. The van der Waals surface area contributed by atoms with Crippen LogP contribution in [-0.4, -0.2) is 30.6 Å². The minimum atomic E-state index is -2.89. The molecule has 4 amide bonds. The van der Waals surface area contributed by atoms with Gasteiger partial charge < -0.3 is 25.6 Å². The molecule has 3 aromatic carbocycles.